The van der Waals surface area contributed by atoms with E-state index in [0.717, 1.165) is 11.3 Å². The van der Waals surface area contributed by atoms with Crippen LogP contribution in [0.15, 0.2) is 24.3 Å². The maximum atomic E-state index is 9.98. The van der Waals surface area contributed by atoms with E-state index in [1.54, 1.807) is 7.11 Å². The van der Waals surface area contributed by atoms with Gasteiger partial charge in [-0.2, -0.15) is 0 Å². The normalized spacial score (nSPS) is 9.08. The van der Waals surface area contributed by atoms with Gasteiger partial charge in [0.15, 0.2) is 0 Å². The number of benzene rings is 1. The summed E-state index contributed by atoms with van der Waals surface area (Å²) in [5, 5.41) is 9.98. The molecule has 1 aromatic rings. The monoisotopic (exact) mass is 206 g/mol. The van der Waals surface area contributed by atoms with Crippen molar-refractivity contribution >= 4 is 0 Å². The van der Waals surface area contributed by atoms with Crippen LogP contribution in [0.2, 0.25) is 0 Å². The Balaban J connectivity index is 0.00000144. The predicted octanol–water partition coefficient (Wildman–Crippen LogP) is -2.47. The number of hydrogen-bond acceptors (Lipinski definition) is 3. The molecule has 0 aliphatic carbocycles. The maximum absolute atomic E-state index is 9.98. The molecule has 4 heteroatoms. The molecule has 0 saturated carbocycles. The Bertz CT molecular complexity index is 223. The minimum absolute atomic E-state index is 0. The fourth-order valence-electron chi connectivity index (χ4n) is 0.881. The van der Waals surface area contributed by atoms with Gasteiger partial charge < -0.3 is 14.6 Å². The molecule has 0 heterocycles. The van der Waals surface area contributed by atoms with Crippen LogP contribution in [0.1, 0.15) is 5.56 Å². The molecule has 1 rings (SSSR count). The molecule has 0 N–H and O–H groups in total. The van der Waals surface area contributed by atoms with Gasteiger partial charge in [-0.1, -0.05) is 12.1 Å². The summed E-state index contributed by atoms with van der Waals surface area (Å²) in [6.45, 7) is -0.125. The van der Waals surface area contributed by atoms with Gasteiger partial charge in [0.05, 0.1) is 13.7 Å². The topological polar surface area (TPSA) is 41.5 Å². The van der Waals surface area contributed by atoms with Crippen LogP contribution in [-0.4, -0.2) is 13.9 Å². The van der Waals surface area contributed by atoms with Crippen molar-refractivity contribution < 1.29 is 66.0 Å². The summed E-state index contributed by atoms with van der Waals surface area (Å²) in [7, 11) is 1.61. The molecular weight excluding hydrogens is 195 g/mol. The number of rotatable bonds is 4. The van der Waals surface area contributed by atoms with Gasteiger partial charge in [0.1, 0.15) is 5.75 Å². The summed E-state index contributed by atoms with van der Waals surface area (Å²) in [5.74, 6) is 0.806. The van der Waals surface area contributed by atoms with Crippen LogP contribution in [0.4, 0.5) is 0 Å². The van der Waals surface area contributed by atoms with Gasteiger partial charge in [0, 0.05) is 0 Å². The first-order valence-electron chi connectivity index (χ1n) is 3.65. The van der Waals surface area contributed by atoms with Crippen molar-refractivity contribution in [1.82, 2.24) is 0 Å². The van der Waals surface area contributed by atoms with E-state index in [2.05, 4.69) is 0 Å². The zero-order valence-electron chi connectivity index (χ0n) is 7.95. The van der Waals surface area contributed by atoms with Crippen LogP contribution in [0.3, 0.4) is 0 Å². The van der Waals surface area contributed by atoms with Crippen LogP contribution in [0.5, 0.6) is 5.75 Å². The first kappa shape index (κ1) is 13.6. The second-order valence-corrected chi connectivity index (χ2v) is 2.31. The average Bonchev–Trinajstić information content (AvgIpc) is 2.15. The molecule has 1 aromatic carbocycles. The standard InChI is InChI=1S/C9H11O3.K/c1-11-9-4-2-8(3-5-9)6-12-7-10;/h2-5H,6-7H2,1H3;/q-1;+1. The Labute approximate surface area is 120 Å². The summed E-state index contributed by atoms with van der Waals surface area (Å²) >= 11 is 0. The molecule has 0 fully saturated rings. The van der Waals surface area contributed by atoms with Gasteiger partial charge in [-0.25, -0.2) is 0 Å². The fraction of sp³-hybridized carbons (Fsp3) is 0.333. The van der Waals surface area contributed by atoms with E-state index in [-0.39, 0.29) is 51.4 Å². The van der Waals surface area contributed by atoms with Crippen LogP contribution in [0.25, 0.3) is 0 Å². The van der Waals surface area contributed by atoms with Crippen molar-refractivity contribution in [2.24, 2.45) is 0 Å². The van der Waals surface area contributed by atoms with Gasteiger partial charge in [0.25, 0.3) is 0 Å². The molecule has 0 radical (unpaired) electrons. The first-order chi connectivity index (χ1) is 5.86. The predicted molar refractivity (Wildman–Crippen MR) is 42.7 cm³/mol. The summed E-state index contributed by atoms with van der Waals surface area (Å²) in [6.07, 6.45) is 0. The second kappa shape index (κ2) is 7.93. The zero-order chi connectivity index (χ0) is 8.81. The van der Waals surface area contributed by atoms with Crippen LogP contribution in [-0.2, 0) is 11.3 Å². The molecular formula is C9H11KO3. The summed E-state index contributed by atoms with van der Waals surface area (Å²) < 4.78 is 9.67. The summed E-state index contributed by atoms with van der Waals surface area (Å²) in [5.41, 5.74) is 0.978. The number of methoxy groups -OCH3 is 1. The first-order valence-corrected chi connectivity index (χ1v) is 3.65. The largest absolute Gasteiger partial charge is 1.00 e. The fourth-order valence-corrected chi connectivity index (χ4v) is 0.881. The van der Waals surface area contributed by atoms with Crippen molar-refractivity contribution in [3.05, 3.63) is 29.8 Å². The molecule has 13 heavy (non-hydrogen) atoms. The number of hydrogen-bond donors (Lipinski definition) is 0. The third-order valence-electron chi connectivity index (χ3n) is 1.51. The van der Waals surface area contributed by atoms with E-state index >= 15 is 0 Å². The van der Waals surface area contributed by atoms with Crippen LogP contribution in [0, 0.1) is 0 Å². The third kappa shape index (κ3) is 5.12. The van der Waals surface area contributed by atoms with Crippen molar-refractivity contribution in [2.75, 3.05) is 13.9 Å². The second-order valence-electron chi connectivity index (χ2n) is 2.31. The van der Waals surface area contributed by atoms with E-state index in [9.17, 15) is 5.11 Å². The van der Waals surface area contributed by atoms with Crippen LogP contribution < -0.4 is 61.2 Å². The van der Waals surface area contributed by atoms with E-state index in [1.807, 2.05) is 24.3 Å². The smallest absolute Gasteiger partial charge is 0.834 e. The Hall–Kier alpha value is 0.576. The van der Waals surface area contributed by atoms with Crippen LogP contribution >= 0.6 is 0 Å². The molecule has 0 spiro atoms. The van der Waals surface area contributed by atoms with Crippen molar-refractivity contribution in [2.45, 2.75) is 6.61 Å². The zero-order valence-corrected chi connectivity index (χ0v) is 11.1. The molecule has 0 saturated heterocycles. The van der Waals surface area contributed by atoms with Gasteiger partial charge >= 0.3 is 51.4 Å². The van der Waals surface area contributed by atoms with Gasteiger partial charge in [-0.05, 0) is 24.5 Å². The molecule has 66 valence electrons. The SMILES string of the molecule is COc1ccc(COC[O-])cc1.[K+]. The van der Waals surface area contributed by atoms with Gasteiger partial charge in [0.2, 0.25) is 0 Å². The molecule has 3 nitrogen and oxygen atoms in total. The van der Waals surface area contributed by atoms with E-state index in [0.29, 0.717) is 6.61 Å². The molecule has 0 amide bonds. The molecule has 0 bridgehead atoms. The van der Waals surface area contributed by atoms with Gasteiger partial charge in [-0.15, -0.1) is 0 Å². The summed E-state index contributed by atoms with van der Waals surface area (Å²) in [4.78, 5) is 0. The minimum atomic E-state index is -0.494. The van der Waals surface area contributed by atoms with E-state index in [1.165, 1.54) is 0 Å². The van der Waals surface area contributed by atoms with Crippen molar-refractivity contribution in [1.29, 1.82) is 0 Å². The average molecular weight is 206 g/mol. The molecule has 0 atom stereocenters. The summed E-state index contributed by atoms with van der Waals surface area (Å²) in [6, 6.07) is 7.41. The Morgan fingerprint density at radius 1 is 1.23 bits per heavy atom. The van der Waals surface area contributed by atoms with Crippen molar-refractivity contribution in [3.63, 3.8) is 0 Å². The van der Waals surface area contributed by atoms with Gasteiger partial charge in [-0.3, -0.25) is 0 Å². The van der Waals surface area contributed by atoms with E-state index < -0.39 is 6.79 Å². The number of ether oxygens (including phenoxy) is 2. The molecule has 0 aliphatic heterocycles. The maximum Gasteiger partial charge on any atom is 1.00 e. The minimum Gasteiger partial charge on any atom is -0.834 e. The third-order valence-corrected chi connectivity index (χ3v) is 1.51. The quantitative estimate of drug-likeness (QED) is 0.405. The Morgan fingerprint density at radius 2 is 1.85 bits per heavy atom. The molecule has 0 aliphatic rings. The Kier molecular flexibility index (Phi) is 8.28. The van der Waals surface area contributed by atoms with Crippen molar-refractivity contribution in [3.8, 4) is 5.75 Å². The Morgan fingerprint density at radius 3 is 2.31 bits per heavy atom. The van der Waals surface area contributed by atoms with E-state index in [4.69, 9.17) is 9.47 Å². The molecule has 0 unspecified atom stereocenters. The molecule has 0 aromatic heterocycles.